The lowest BCUT2D eigenvalue weighted by Gasteiger charge is -1.99. The Balaban J connectivity index is 1.41. The monoisotopic (exact) mass is 329 g/mol. The molecule has 0 aliphatic carbocycles. The first kappa shape index (κ1) is 15.0. The van der Waals surface area contributed by atoms with E-state index < -0.39 is 0 Å². The second-order valence-corrected chi connectivity index (χ2v) is 5.54. The Bertz CT molecular complexity index is 1050. The van der Waals surface area contributed by atoms with E-state index in [9.17, 15) is 4.79 Å². The third-order valence-electron chi connectivity index (χ3n) is 3.74. The van der Waals surface area contributed by atoms with Crippen molar-refractivity contribution < 1.29 is 4.79 Å². The third kappa shape index (κ3) is 3.37. The van der Waals surface area contributed by atoms with Crippen LogP contribution >= 0.6 is 0 Å². The quantitative estimate of drug-likeness (QED) is 0.564. The molecule has 0 saturated heterocycles. The highest BCUT2D eigenvalue weighted by atomic mass is 16.1. The van der Waals surface area contributed by atoms with Gasteiger partial charge in [0, 0.05) is 6.08 Å². The number of H-pyrrole nitrogens is 1. The number of carbonyl (C=O) groups is 1. The summed E-state index contributed by atoms with van der Waals surface area (Å²) in [5.74, 6) is 0.504. The van der Waals surface area contributed by atoms with Gasteiger partial charge in [0.15, 0.2) is 0 Å². The molecule has 0 bridgehead atoms. The lowest BCUT2D eigenvalue weighted by Crippen LogP contribution is -2.20. The maximum atomic E-state index is 12.0. The first-order valence-corrected chi connectivity index (χ1v) is 7.89. The van der Waals surface area contributed by atoms with E-state index in [1.807, 2.05) is 48.5 Å². The van der Waals surface area contributed by atoms with Crippen molar-refractivity contribution in [2.24, 2.45) is 0 Å². The summed E-state index contributed by atoms with van der Waals surface area (Å²) in [5, 5.41) is 2.80. The van der Waals surface area contributed by atoms with Crippen LogP contribution in [-0.4, -0.2) is 25.8 Å². The average molecular weight is 329 g/mol. The first-order chi connectivity index (χ1) is 12.3. The van der Waals surface area contributed by atoms with Gasteiger partial charge in [-0.25, -0.2) is 9.97 Å². The molecular weight excluding hydrogens is 314 g/mol. The van der Waals surface area contributed by atoms with Gasteiger partial charge in [0.1, 0.15) is 5.82 Å². The van der Waals surface area contributed by atoms with Crippen molar-refractivity contribution in [1.29, 1.82) is 0 Å². The van der Waals surface area contributed by atoms with Gasteiger partial charge in [-0.15, -0.1) is 0 Å². The third-order valence-corrected chi connectivity index (χ3v) is 3.74. The average Bonchev–Trinajstić information content (AvgIpc) is 3.07. The number of nitrogens with one attached hydrogen (secondary N) is 2. The molecule has 0 saturated carbocycles. The number of aromatic nitrogens is 4. The van der Waals surface area contributed by atoms with Crippen LogP contribution < -0.4 is 5.32 Å². The Hall–Kier alpha value is -3.54. The summed E-state index contributed by atoms with van der Waals surface area (Å²) in [6.45, 7) is 0.335. The minimum absolute atomic E-state index is 0.213. The van der Waals surface area contributed by atoms with Crippen LogP contribution in [0.25, 0.3) is 28.1 Å². The number of benzene rings is 2. The normalized spacial score (nSPS) is 11.4. The SMILES string of the molecule is O=C(C=Cc1cnc2ccccc2n1)NCc1nc2ccccc2[nH]1. The van der Waals surface area contributed by atoms with E-state index in [-0.39, 0.29) is 5.91 Å². The maximum absolute atomic E-state index is 12.0. The zero-order valence-corrected chi connectivity index (χ0v) is 13.3. The van der Waals surface area contributed by atoms with E-state index in [1.165, 1.54) is 6.08 Å². The number of imidazole rings is 1. The van der Waals surface area contributed by atoms with Crippen molar-refractivity contribution in [3.8, 4) is 0 Å². The van der Waals surface area contributed by atoms with Crippen LogP contribution in [0.2, 0.25) is 0 Å². The van der Waals surface area contributed by atoms with Crippen molar-refractivity contribution in [3.05, 3.63) is 72.3 Å². The summed E-state index contributed by atoms with van der Waals surface area (Å²) in [4.78, 5) is 28.3. The van der Waals surface area contributed by atoms with Crippen LogP contribution in [-0.2, 0) is 11.3 Å². The highest BCUT2D eigenvalue weighted by molar-refractivity contribution is 5.91. The highest BCUT2D eigenvalue weighted by Crippen LogP contribution is 2.10. The molecule has 25 heavy (non-hydrogen) atoms. The van der Waals surface area contributed by atoms with Crippen LogP contribution in [0.5, 0.6) is 0 Å². The maximum Gasteiger partial charge on any atom is 0.244 e. The highest BCUT2D eigenvalue weighted by Gasteiger charge is 2.03. The zero-order valence-electron chi connectivity index (χ0n) is 13.3. The number of fused-ring (bicyclic) bond motifs is 2. The summed E-state index contributed by atoms with van der Waals surface area (Å²) in [7, 11) is 0. The van der Waals surface area contributed by atoms with Gasteiger partial charge < -0.3 is 10.3 Å². The number of amides is 1. The molecule has 0 aliphatic rings. The summed E-state index contributed by atoms with van der Waals surface area (Å²) >= 11 is 0. The van der Waals surface area contributed by atoms with Crippen molar-refractivity contribution in [2.45, 2.75) is 6.54 Å². The molecule has 2 aromatic carbocycles. The molecule has 0 atom stereocenters. The van der Waals surface area contributed by atoms with Gasteiger partial charge in [0.05, 0.1) is 40.5 Å². The van der Waals surface area contributed by atoms with Gasteiger partial charge in [-0.2, -0.15) is 0 Å². The molecule has 0 radical (unpaired) electrons. The molecule has 0 unspecified atom stereocenters. The van der Waals surface area contributed by atoms with Gasteiger partial charge >= 0.3 is 0 Å². The number of nitrogens with zero attached hydrogens (tertiary/aromatic N) is 3. The lowest BCUT2D eigenvalue weighted by atomic mass is 10.3. The summed E-state index contributed by atoms with van der Waals surface area (Å²) in [6.07, 6.45) is 4.74. The Morgan fingerprint density at radius 2 is 1.76 bits per heavy atom. The van der Waals surface area contributed by atoms with Gasteiger partial charge in [0.25, 0.3) is 0 Å². The van der Waals surface area contributed by atoms with E-state index in [1.54, 1.807) is 12.3 Å². The van der Waals surface area contributed by atoms with Crippen LogP contribution in [0, 0.1) is 0 Å². The second kappa shape index (κ2) is 6.52. The van der Waals surface area contributed by atoms with Crippen molar-refractivity contribution in [1.82, 2.24) is 25.3 Å². The number of aromatic amines is 1. The summed E-state index contributed by atoms with van der Waals surface area (Å²) < 4.78 is 0. The molecule has 6 nitrogen and oxygen atoms in total. The number of hydrogen-bond donors (Lipinski definition) is 2. The van der Waals surface area contributed by atoms with E-state index in [0.717, 1.165) is 22.1 Å². The number of rotatable bonds is 4. The summed E-state index contributed by atoms with van der Waals surface area (Å²) in [5.41, 5.74) is 4.10. The van der Waals surface area contributed by atoms with E-state index in [0.29, 0.717) is 18.1 Å². The van der Waals surface area contributed by atoms with E-state index in [4.69, 9.17) is 0 Å². The fourth-order valence-corrected chi connectivity index (χ4v) is 2.53. The van der Waals surface area contributed by atoms with Gasteiger partial charge in [-0.05, 0) is 30.3 Å². The molecule has 0 fully saturated rings. The molecule has 4 aromatic rings. The number of carbonyl (C=O) groups excluding carboxylic acids is 1. The fraction of sp³-hybridized carbons (Fsp3) is 0.0526. The Morgan fingerprint density at radius 1 is 1.00 bits per heavy atom. The predicted octanol–water partition coefficient (Wildman–Crippen LogP) is 2.84. The molecule has 2 heterocycles. The largest absolute Gasteiger partial charge is 0.345 e. The standard InChI is InChI=1S/C19H15N5O/c25-19(21-12-18-23-16-7-3-4-8-17(16)24-18)10-9-13-11-20-14-5-1-2-6-15(14)22-13/h1-11H,12H2,(H,21,25)(H,23,24). The van der Waals surface area contributed by atoms with Gasteiger partial charge in [-0.1, -0.05) is 24.3 Å². The Labute approximate surface area is 143 Å². The van der Waals surface area contributed by atoms with Crippen LogP contribution in [0.1, 0.15) is 11.5 Å². The lowest BCUT2D eigenvalue weighted by molar-refractivity contribution is -0.116. The molecule has 0 spiro atoms. The van der Waals surface area contributed by atoms with Crippen molar-refractivity contribution in [3.63, 3.8) is 0 Å². The fourth-order valence-electron chi connectivity index (χ4n) is 2.53. The molecule has 122 valence electrons. The van der Waals surface area contributed by atoms with Crippen molar-refractivity contribution >= 4 is 34.1 Å². The predicted molar refractivity (Wildman–Crippen MR) is 96.5 cm³/mol. The van der Waals surface area contributed by atoms with Crippen LogP contribution in [0.15, 0.2) is 60.8 Å². The molecule has 1 amide bonds. The van der Waals surface area contributed by atoms with Crippen LogP contribution in [0.4, 0.5) is 0 Å². The minimum Gasteiger partial charge on any atom is -0.345 e. The molecule has 4 rings (SSSR count). The zero-order chi connectivity index (χ0) is 17.1. The number of para-hydroxylation sites is 4. The van der Waals surface area contributed by atoms with Crippen molar-refractivity contribution in [2.75, 3.05) is 0 Å². The van der Waals surface area contributed by atoms with Crippen LogP contribution in [0.3, 0.4) is 0 Å². The topological polar surface area (TPSA) is 83.6 Å². The summed E-state index contributed by atoms with van der Waals surface area (Å²) in [6, 6.07) is 15.4. The molecule has 2 N–H and O–H groups in total. The molecule has 6 heteroatoms. The first-order valence-electron chi connectivity index (χ1n) is 7.89. The van der Waals surface area contributed by atoms with Gasteiger partial charge in [0.2, 0.25) is 5.91 Å². The second-order valence-electron chi connectivity index (χ2n) is 5.54. The van der Waals surface area contributed by atoms with E-state index >= 15 is 0 Å². The molecular formula is C19H15N5O. The molecule has 0 aliphatic heterocycles. The Morgan fingerprint density at radius 3 is 2.60 bits per heavy atom. The smallest absolute Gasteiger partial charge is 0.244 e. The number of hydrogen-bond acceptors (Lipinski definition) is 4. The van der Waals surface area contributed by atoms with Gasteiger partial charge in [-0.3, -0.25) is 9.78 Å². The molecule has 2 aromatic heterocycles. The minimum atomic E-state index is -0.213. The Kier molecular flexibility index (Phi) is 3.92. The van der Waals surface area contributed by atoms with E-state index in [2.05, 4.69) is 25.3 Å².